The highest BCUT2D eigenvalue weighted by atomic mass is 16.1. The lowest BCUT2D eigenvalue weighted by atomic mass is 10.2. The first kappa shape index (κ1) is 15.3. The van der Waals surface area contributed by atoms with Crippen LogP contribution in [0.25, 0.3) is 10.9 Å². The lowest BCUT2D eigenvalue weighted by Crippen LogP contribution is -2.11. The summed E-state index contributed by atoms with van der Waals surface area (Å²) in [5.74, 6) is -0.0768. The number of hydrogen-bond acceptors (Lipinski definition) is 1. The van der Waals surface area contributed by atoms with E-state index >= 15 is 0 Å². The molecule has 1 amide bonds. The molecule has 1 heterocycles. The number of carbonyl (C=O) groups excluding carboxylic acids is 1. The van der Waals surface area contributed by atoms with E-state index in [1.54, 1.807) is 0 Å². The molecule has 0 saturated heterocycles. The average Bonchev–Trinajstić information content (AvgIpc) is 2.88. The Labute approximate surface area is 136 Å². The Morgan fingerprint density at radius 2 is 1.87 bits per heavy atom. The SMILES string of the molecule is CCCCn1c(C)cc2cc(NC(=O)c3ccccc3)ccc21. The highest BCUT2D eigenvalue weighted by Crippen LogP contribution is 2.24. The Bertz CT molecular complexity index is 818. The van der Waals surface area contributed by atoms with Crippen molar-refractivity contribution in [3.05, 3.63) is 65.9 Å². The minimum absolute atomic E-state index is 0.0768. The smallest absolute Gasteiger partial charge is 0.255 e. The third kappa shape index (κ3) is 3.29. The van der Waals surface area contributed by atoms with Gasteiger partial charge in [0.05, 0.1) is 0 Å². The van der Waals surface area contributed by atoms with Crippen molar-refractivity contribution in [2.75, 3.05) is 5.32 Å². The molecule has 0 aliphatic rings. The summed E-state index contributed by atoms with van der Waals surface area (Å²) in [6, 6.07) is 17.6. The van der Waals surface area contributed by atoms with Crippen molar-refractivity contribution < 1.29 is 4.79 Å². The summed E-state index contributed by atoms with van der Waals surface area (Å²) in [5, 5.41) is 4.14. The van der Waals surface area contributed by atoms with Crippen molar-refractivity contribution in [2.24, 2.45) is 0 Å². The van der Waals surface area contributed by atoms with E-state index in [9.17, 15) is 4.79 Å². The standard InChI is InChI=1S/C20H22N2O/c1-3-4-12-22-15(2)13-17-14-18(10-11-19(17)22)21-20(23)16-8-6-5-7-9-16/h5-11,13-14H,3-4,12H2,1-2H3,(H,21,23). The molecule has 0 aliphatic heterocycles. The van der Waals surface area contributed by atoms with Crippen LogP contribution in [0.2, 0.25) is 0 Å². The molecule has 0 spiro atoms. The Morgan fingerprint density at radius 1 is 1.09 bits per heavy atom. The van der Waals surface area contributed by atoms with Gasteiger partial charge in [0.25, 0.3) is 5.91 Å². The molecule has 1 aromatic heterocycles. The average molecular weight is 306 g/mol. The van der Waals surface area contributed by atoms with Gasteiger partial charge in [-0.3, -0.25) is 4.79 Å². The Hall–Kier alpha value is -2.55. The maximum absolute atomic E-state index is 12.2. The molecular weight excluding hydrogens is 284 g/mol. The number of anilines is 1. The van der Waals surface area contributed by atoms with Gasteiger partial charge in [-0.25, -0.2) is 0 Å². The molecule has 0 radical (unpaired) electrons. The molecule has 0 atom stereocenters. The molecule has 3 heteroatoms. The van der Waals surface area contributed by atoms with Gasteiger partial charge in [0, 0.05) is 34.4 Å². The van der Waals surface area contributed by atoms with E-state index in [0.29, 0.717) is 5.56 Å². The largest absolute Gasteiger partial charge is 0.345 e. The number of amides is 1. The maximum Gasteiger partial charge on any atom is 0.255 e. The molecule has 0 fully saturated rings. The van der Waals surface area contributed by atoms with Crippen LogP contribution < -0.4 is 5.32 Å². The lowest BCUT2D eigenvalue weighted by molar-refractivity contribution is 0.102. The van der Waals surface area contributed by atoms with E-state index in [4.69, 9.17) is 0 Å². The van der Waals surface area contributed by atoms with E-state index < -0.39 is 0 Å². The van der Waals surface area contributed by atoms with E-state index in [0.717, 1.165) is 12.2 Å². The van der Waals surface area contributed by atoms with Crippen LogP contribution >= 0.6 is 0 Å². The molecule has 0 aliphatic carbocycles. The summed E-state index contributed by atoms with van der Waals surface area (Å²) in [6.07, 6.45) is 2.36. The van der Waals surface area contributed by atoms with Crippen LogP contribution in [0.3, 0.4) is 0 Å². The summed E-state index contributed by atoms with van der Waals surface area (Å²) >= 11 is 0. The molecule has 23 heavy (non-hydrogen) atoms. The molecule has 3 nitrogen and oxygen atoms in total. The zero-order valence-electron chi connectivity index (χ0n) is 13.7. The molecule has 0 unspecified atom stereocenters. The number of unbranched alkanes of at least 4 members (excludes halogenated alkanes) is 1. The highest BCUT2D eigenvalue weighted by molar-refractivity contribution is 6.05. The van der Waals surface area contributed by atoms with Crippen LogP contribution in [0, 0.1) is 6.92 Å². The molecule has 2 aromatic carbocycles. The second-order valence-corrected chi connectivity index (χ2v) is 5.88. The van der Waals surface area contributed by atoms with Gasteiger partial charge in [0.2, 0.25) is 0 Å². The van der Waals surface area contributed by atoms with E-state index in [1.165, 1.54) is 29.4 Å². The van der Waals surface area contributed by atoms with Gasteiger partial charge in [0.1, 0.15) is 0 Å². The van der Waals surface area contributed by atoms with Crippen molar-refractivity contribution in [1.29, 1.82) is 0 Å². The van der Waals surface area contributed by atoms with Gasteiger partial charge in [-0.1, -0.05) is 31.5 Å². The fourth-order valence-electron chi connectivity index (χ4n) is 2.89. The first-order chi connectivity index (χ1) is 11.2. The second kappa shape index (κ2) is 6.69. The lowest BCUT2D eigenvalue weighted by Gasteiger charge is -2.08. The number of hydrogen-bond donors (Lipinski definition) is 1. The molecule has 3 aromatic rings. The van der Waals surface area contributed by atoms with Gasteiger partial charge in [0.15, 0.2) is 0 Å². The van der Waals surface area contributed by atoms with Gasteiger partial charge in [-0.15, -0.1) is 0 Å². The van der Waals surface area contributed by atoms with E-state index in [-0.39, 0.29) is 5.91 Å². The number of fused-ring (bicyclic) bond motifs is 1. The number of rotatable bonds is 5. The van der Waals surface area contributed by atoms with Gasteiger partial charge in [-0.05, 0) is 49.7 Å². The predicted molar refractivity (Wildman–Crippen MR) is 96.0 cm³/mol. The number of carbonyl (C=O) groups is 1. The molecule has 118 valence electrons. The van der Waals surface area contributed by atoms with Gasteiger partial charge >= 0.3 is 0 Å². The van der Waals surface area contributed by atoms with Crippen molar-refractivity contribution in [3.63, 3.8) is 0 Å². The first-order valence-corrected chi connectivity index (χ1v) is 8.15. The fraction of sp³-hybridized carbons (Fsp3) is 0.250. The first-order valence-electron chi connectivity index (χ1n) is 8.15. The van der Waals surface area contributed by atoms with Crippen LogP contribution in [0.15, 0.2) is 54.6 Å². The Balaban J connectivity index is 1.85. The zero-order chi connectivity index (χ0) is 16.2. The maximum atomic E-state index is 12.2. The molecule has 0 bridgehead atoms. The van der Waals surface area contributed by atoms with Crippen LogP contribution in [0.4, 0.5) is 5.69 Å². The quantitative estimate of drug-likeness (QED) is 0.707. The monoisotopic (exact) mass is 306 g/mol. The third-order valence-electron chi connectivity index (χ3n) is 4.14. The van der Waals surface area contributed by atoms with Crippen molar-refractivity contribution >= 4 is 22.5 Å². The Kier molecular flexibility index (Phi) is 4.47. The second-order valence-electron chi connectivity index (χ2n) is 5.88. The number of nitrogens with zero attached hydrogens (tertiary/aromatic N) is 1. The third-order valence-corrected chi connectivity index (χ3v) is 4.14. The van der Waals surface area contributed by atoms with Crippen molar-refractivity contribution in [3.8, 4) is 0 Å². The number of nitrogens with one attached hydrogen (secondary N) is 1. The Morgan fingerprint density at radius 3 is 2.61 bits per heavy atom. The van der Waals surface area contributed by atoms with Crippen LogP contribution in [-0.2, 0) is 6.54 Å². The summed E-state index contributed by atoms with van der Waals surface area (Å²) in [5.41, 5.74) is 4.00. The topological polar surface area (TPSA) is 34.0 Å². The molecule has 1 N–H and O–H groups in total. The number of benzene rings is 2. The molecule has 0 saturated carbocycles. The summed E-state index contributed by atoms with van der Waals surface area (Å²) in [7, 11) is 0. The molecule has 3 rings (SSSR count). The number of aromatic nitrogens is 1. The number of aryl methyl sites for hydroxylation is 2. The minimum Gasteiger partial charge on any atom is -0.345 e. The normalized spacial score (nSPS) is 10.9. The van der Waals surface area contributed by atoms with Gasteiger partial charge in [-0.2, -0.15) is 0 Å². The summed E-state index contributed by atoms with van der Waals surface area (Å²) < 4.78 is 2.35. The van der Waals surface area contributed by atoms with E-state index in [1.807, 2.05) is 42.5 Å². The van der Waals surface area contributed by atoms with Crippen LogP contribution in [0.5, 0.6) is 0 Å². The van der Waals surface area contributed by atoms with Gasteiger partial charge < -0.3 is 9.88 Å². The summed E-state index contributed by atoms with van der Waals surface area (Å²) in [6.45, 7) is 5.39. The molecular formula is C20H22N2O. The van der Waals surface area contributed by atoms with Crippen molar-refractivity contribution in [1.82, 2.24) is 4.57 Å². The summed E-state index contributed by atoms with van der Waals surface area (Å²) in [4.78, 5) is 12.2. The van der Waals surface area contributed by atoms with Crippen LogP contribution in [-0.4, -0.2) is 10.5 Å². The highest BCUT2D eigenvalue weighted by Gasteiger charge is 2.09. The fourth-order valence-corrected chi connectivity index (χ4v) is 2.89. The van der Waals surface area contributed by atoms with Crippen LogP contribution in [0.1, 0.15) is 35.8 Å². The minimum atomic E-state index is -0.0768. The van der Waals surface area contributed by atoms with Crippen molar-refractivity contribution in [2.45, 2.75) is 33.2 Å². The van der Waals surface area contributed by atoms with E-state index in [2.05, 4.69) is 35.9 Å². The zero-order valence-corrected chi connectivity index (χ0v) is 13.7. The predicted octanol–water partition coefficient (Wildman–Crippen LogP) is 5.00.